The minimum absolute atomic E-state index is 0.249. The van der Waals surface area contributed by atoms with E-state index in [-0.39, 0.29) is 5.91 Å². The van der Waals surface area contributed by atoms with Crippen LogP contribution in [-0.2, 0) is 16.0 Å². The summed E-state index contributed by atoms with van der Waals surface area (Å²) in [6.45, 7) is 6.34. The number of amides is 1. The molecular weight excluding hydrogens is 276 g/mol. The predicted molar refractivity (Wildman–Crippen MR) is 86.8 cm³/mol. The molecule has 0 bridgehead atoms. The third-order valence-electron chi connectivity index (χ3n) is 5.03. The highest BCUT2D eigenvalue weighted by Gasteiger charge is 2.36. The number of likely N-dealkylation sites (tertiary alicyclic amines) is 1. The van der Waals surface area contributed by atoms with Gasteiger partial charge >= 0.3 is 0 Å². The number of carbonyl (C=O) groups is 1. The van der Waals surface area contributed by atoms with Crippen LogP contribution in [0.25, 0.3) is 0 Å². The predicted octanol–water partition coefficient (Wildman–Crippen LogP) is 1.72. The van der Waals surface area contributed by atoms with Crippen molar-refractivity contribution in [1.29, 1.82) is 0 Å². The lowest BCUT2D eigenvalue weighted by Crippen LogP contribution is -2.52. The fourth-order valence-electron chi connectivity index (χ4n) is 3.72. The zero-order valence-corrected chi connectivity index (χ0v) is 13.6. The molecule has 0 saturated carbocycles. The molecular formula is C18H26N2O2. The molecule has 0 spiro atoms. The molecule has 2 fully saturated rings. The van der Waals surface area contributed by atoms with E-state index in [9.17, 15) is 4.79 Å². The molecule has 3 rings (SSSR count). The first kappa shape index (κ1) is 15.5. The van der Waals surface area contributed by atoms with Crippen LogP contribution in [0, 0.1) is 12.8 Å². The Balaban J connectivity index is 1.74. The van der Waals surface area contributed by atoms with E-state index in [2.05, 4.69) is 35.9 Å². The fourth-order valence-corrected chi connectivity index (χ4v) is 3.72. The molecule has 0 radical (unpaired) electrons. The second kappa shape index (κ2) is 6.80. The number of piperidine rings is 1. The molecule has 2 aliphatic heterocycles. The Hall–Kier alpha value is -1.39. The minimum Gasteiger partial charge on any atom is -0.379 e. The van der Waals surface area contributed by atoms with Crippen LogP contribution in [0.1, 0.15) is 17.5 Å². The topological polar surface area (TPSA) is 32.8 Å². The molecule has 0 aromatic heterocycles. The van der Waals surface area contributed by atoms with Gasteiger partial charge in [0.15, 0.2) is 0 Å². The van der Waals surface area contributed by atoms with Gasteiger partial charge < -0.3 is 14.5 Å². The smallest absolute Gasteiger partial charge is 0.227 e. The molecule has 0 aliphatic carbocycles. The molecule has 2 heterocycles. The van der Waals surface area contributed by atoms with Crippen LogP contribution in [-0.4, -0.2) is 61.6 Å². The third kappa shape index (κ3) is 3.33. The largest absolute Gasteiger partial charge is 0.379 e. The number of carbonyl (C=O) groups excluding carboxylic acids is 1. The van der Waals surface area contributed by atoms with Crippen molar-refractivity contribution in [3.63, 3.8) is 0 Å². The van der Waals surface area contributed by atoms with Crippen molar-refractivity contribution in [2.75, 3.05) is 39.9 Å². The Morgan fingerprint density at radius 1 is 1.32 bits per heavy atom. The molecule has 2 atom stereocenters. The van der Waals surface area contributed by atoms with Gasteiger partial charge in [0.25, 0.3) is 0 Å². The normalized spacial score (nSPS) is 26.4. The number of rotatable bonds is 2. The lowest BCUT2D eigenvalue weighted by atomic mass is 9.91. The zero-order valence-electron chi connectivity index (χ0n) is 13.6. The van der Waals surface area contributed by atoms with Gasteiger partial charge in [0, 0.05) is 25.0 Å². The average Bonchev–Trinajstić information content (AvgIpc) is 2.71. The molecule has 4 nitrogen and oxygen atoms in total. The van der Waals surface area contributed by atoms with E-state index >= 15 is 0 Å². The Labute approximate surface area is 133 Å². The van der Waals surface area contributed by atoms with Crippen LogP contribution in [0.15, 0.2) is 24.3 Å². The Bertz CT molecular complexity index is 532. The summed E-state index contributed by atoms with van der Waals surface area (Å²) in [7, 11) is 2.15. The Kier molecular flexibility index (Phi) is 4.79. The van der Waals surface area contributed by atoms with Gasteiger partial charge in [0.05, 0.1) is 19.6 Å². The van der Waals surface area contributed by atoms with Gasteiger partial charge in [-0.25, -0.2) is 0 Å². The maximum absolute atomic E-state index is 12.9. The van der Waals surface area contributed by atoms with E-state index in [1.54, 1.807) is 0 Å². The standard InChI is InChI=1S/C18H26N2O2/c1-14-5-3-4-6-15(14)11-18(21)20-9-10-22-13-16-12-19(2)8-7-17(16)20/h3-6,16-17H,7-13H2,1-2H3/t16-,17-/m1/s1. The molecule has 0 unspecified atom stereocenters. The second-order valence-corrected chi connectivity index (χ2v) is 6.64. The number of nitrogens with zero attached hydrogens (tertiary/aromatic N) is 2. The van der Waals surface area contributed by atoms with Gasteiger partial charge in [-0.15, -0.1) is 0 Å². The summed E-state index contributed by atoms with van der Waals surface area (Å²) in [4.78, 5) is 17.3. The maximum Gasteiger partial charge on any atom is 0.227 e. The van der Waals surface area contributed by atoms with E-state index in [0.29, 0.717) is 25.0 Å². The number of ether oxygens (including phenoxy) is 1. The lowest BCUT2D eigenvalue weighted by Gasteiger charge is -2.41. The first-order valence-corrected chi connectivity index (χ1v) is 8.25. The molecule has 1 aromatic carbocycles. The molecule has 1 aromatic rings. The summed E-state index contributed by atoms with van der Waals surface area (Å²) < 4.78 is 5.75. The second-order valence-electron chi connectivity index (χ2n) is 6.64. The number of benzene rings is 1. The molecule has 0 N–H and O–H groups in total. The number of hydrogen-bond acceptors (Lipinski definition) is 3. The third-order valence-corrected chi connectivity index (χ3v) is 5.03. The number of aryl methyl sites for hydroxylation is 1. The van der Waals surface area contributed by atoms with Crippen LogP contribution in [0.3, 0.4) is 0 Å². The first-order valence-electron chi connectivity index (χ1n) is 8.25. The average molecular weight is 302 g/mol. The number of hydrogen-bond donors (Lipinski definition) is 0. The van der Waals surface area contributed by atoms with Gasteiger partial charge in [0.2, 0.25) is 5.91 Å². The highest BCUT2D eigenvalue weighted by atomic mass is 16.5. The van der Waals surface area contributed by atoms with Crippen molar-refractivity contribution in [3.8, 4) is 0 Å². The van der Waals surface area contributed by atoms with Crippen molar-refractivity contribution >= 4 is 5.91 Å². The molecule has 4 heteroatoms. The van der Waals surface area contributed by atoms with Crippen LogP contribution in [0.5, 0.6) is 0 Å². The summed E-state index contributed by atoms with van der Waals surface area (Å²) in [5, 5.41) is 0. The van der Waals surface area contributed by atoms with Gasteiger partial charge in [-0.1, -0.05) is 24.3 Å². The summed E-state index contributed by atoms with van der Waals surface area (Å²) in [6.07, 6.45) is 1.57. The summed E-state index contributed by atoms with van der Waals surface area (Å²) in [5.74, 6) is 0.696. The van der Waals surface area contributed by atoms with E-state index in [0.717, 1.165) is 38.2 Å². The van der Waals surface area contributed by atoms with E-state index < -0.39 is 0 Å². The minimum atomic E-state index is 0.249. The van der Waals surface area contributed by atoms with Crippen LogP contribution in [0.4, 0.5) is 0 Å². The summed E-state index contributed by atoms with van der Waals surface area (Å²) in [6, 6.07) is 8.52. The Morgan fingerprint density at radius 3 is 2.95 bits per heavy atom. The molecule has 1 amide bonds. The van der Waals surface area contributed by atoms with Crippen molar-refractivity contribution in [1.82, 2.24) is 9.80 Å². The first-order chi connectivity index (χ1) is 10.6. The summed E-state index contributed by atoms with van der Waals surface area (Å²) in [5.41, 5.74) is 2.34. The molecule has 2 saturated heterocycles. The molecule has 22 heavy (non-hydrogen) atoms. The van der Waals surface area contributed by atoms with Crippen molar-refractivity contribution < 1.29 is 9.53 Å². The van der Waals surface area contributed by atoms with Crippen LogP contribution < -0.4 is 0 Å². The number of fused-ring (bicyclic) bond motifs is 1. The highest BCUT2D eigenvalue weighted by Crippen LogP contribution is 2.25. The lowest BCUT2D eigenvalue weighted by molar-refractivity contribution is -0.134. The van der Waals surface area contributed by atoms with Gasteiger partial charge in [-0.3, -0.25) is 4.79 Å². The zero-order chi connectivity index (χ0) is 15.5. The van der Waals surface area contributed by atoms with Crippen LogP contribution in [0.2, 0.25) is 0 Å². The van der Waals surface area contributed by atoms with Gasteiger partial charge in [0.1, 0.15) is 0 Å². The molecule has 120 valence electrons. The van der Waals surface area contributed by atoms with E-state index in [1.165, 1.54) is 5.56 Å². The maximum atomic E-state index is 12.9. The fraction of sp³-hybridized carbons (Fsp3) is 0.611. The van der Waals surface area contributed by atoms with Crippen molar-refractivity contribution in [2.45, 2.75) is 25.8 Å². The van der Waals surface area contributed by atoms with E-state index in [4.69, 9.17) is 4.74 Å². The van der Waals surface area contributed by atoms with Gasteiger partial charge in [-0.2, -0.15) is 0 Å². The molecule has 2 aliphatic rings. The van der Waals surface area contributed by atoms with Gasteiger partial charge in [-0.05, 0) is 38.1 Å². The van der Waals surface area contributed by atoms with Crippen molar-refractivity contribution in [3.05, 3.63) is 35.4 Å². The monoisotopic (exact) mass is 302 g/mol. The quantitative estimate of drug-likeness (QED) is 0.834. The SMILES string of the molecule is Cc1ccccc1CC(=O)N1CCOC[C@H]2CN(C)CC[C@H]21. The van der Waals surface area contributed by atoms with E-state index in [1.807, 2.05) is 12.1 Å². The highest BCUT2D eigenvalue weighted by molar-refractivity contribution is 5.79. The summed E-state index contributed by atoms with van der Waals surface area (Å²) >= 11 is 0. The van der Waals surface area contributed by atoms with Crippen LogP contribution >= 0.6 is 0 Å². The van der Waals surface area contributed by atoms with Crippen molar-refractivity contribution in [2.24, 2.45) is 5.92 Å². The Morgan fingerprint density at radius 2 is 2.14 bits per heavy atom.